The number of aryl methyl sites for hydroxylation is 2. The Morgan fingerprint density at radius 1 is 1.55 bits per heavy atom. The minimum atomic E-state index is -1.03. The molecule has 1 unspecified atom stereocenters. The van der Waals surface area contributed by atoms with Crippen LogP contribution in [0, 0.1) is 0 Å². The van der Waals surface area contributed by atoms with Crippen molar-refractivity contribution >= 4 is 17.0 Å². The molecule has 2 aromatic heterocycles. The van der Waals surface area contributed by atoms with E-state index >= 15 is 0 Å². The van der Waals surface area contributed by atoms with Crippen LogP contribution in [-0.2, 0) is 23.1 Å². The van der Waals surface area contributed by atoms with Gasteiger partial charge in [-0.2, -0.15) is 5.10 Å². The second kappa shape index (κ2) is 5.83. The zero-order valence-electron chi connectivity index (χ0n) is 11.3. The highest BCUT2D eigenvalue weighted by molar-refractivity contribution is 5.73. The van der Waals surface area contributed by atoms with Crippen LogP contribution in [0.15, 0.2) is 17.3 Å². The first-order valence-corrected chi connectivity index (χ1v) is 6.26. The zero-order chi connectivity index (χ0) is 14.7. The number of ether oxygens (including phenoxy) is 1. The van der Waals surface area contributed by atoms with Gasteiger partial charge < -0.3 is 9.84 Å². The fourth-order valence-corrected chi connectivity index (χ4v) is 1.96. The Kier molecular flexibility index (Phi) is 4.14. The number of rotatable bonds is 6. The summed E-state index contributed by atoms with van der Waals surface area (Å²) in [6.07, 6.45) is 2.14. The summed E-state index contributed by atoms with van der Waals surface area (Å²) < 4.78 is 7.99. The Morgan fingerprint density at radius 3 is 2.95 bits per heavy atom. The van der Waals surface area contributed by atoms with Gasteiger partial charge in [-0.05, 0) is 6.92 Å². The van der Waals surface area contributed by atoms with Crippen LogP contribution in [-0.4, -0.2) is 43.1 Å². The van der Waals surface area contributed by atoms with Crippen molar-refractivity contribution in [3.63, 3.8) is 0 Å². The molecule has 0 radical (unpaired) electrons. The lowest BCUT2D eigenvalue weighted by Crippen LogP contribution is -2.28. The zero-order valence-corrected chi connectivity index (χ0v) is 11.3. The standard InChI is InChI=1S/C12H16N4O4/c1-3-20-9(12(18)19)4-5-16-7-13-10-8(11(16)17)6-14-15(10)2/h6-7,9H,3-5H2,1-2H3,(H,18,19). The summed E-state index contributed by atoms with van der Waals surface area (Å²) in [7, 11) is 1.70. The van der Waals surface area contributed by atoms with Gasteiger partial charge >= 0.3 is 5.97 Å². The average Bonchev–Trinajstić information content (AvgIpc) is 2.79. The highest BCUT2D eigenvalue weighted by atomic mass is 16.5. The van der Waals surface area contributed by atoms with Crippen molar-refractivity contribution < 1.29 is 14.6 Å². The number of hydrogen-bond acceptors (Lipinski definition) is 5. The van der Waals surface area contributed by atoms with E-state index in [1.165, 1.54) is 21.8 Å². The van der Waals surface area contributed by atoms with Crippen LogP contribution in [0.25, 0.3) is 11.0 Å². The van der Waals surface area contributed by atoms with E-state index in [1.54, 1.807) is 14.0 Å². The molecule has 0 aliphatic heterocycles. The molecular formula is C12H16N4O4. The van der Waals surface area contributed by atoms with Crippen LogP contribution in [0.2, 0.25) is 0 Å². The van der Waals surface area contributed by atoms with Crippen molar-refractivity contribution in [2.45, 2.75) is 26.0 Å². The SMILES string of the molecule is CCOC(CCn1cnc2c(cnn2C)c1=O)C(=O)O. The summed E-state index contributed by atoms with van der Waals surface area (Å²) in [5, 5.41) is 13.4. The molecule has 0 spiro atoms. The van der Waals surface area contributed by atoms with Gasteiger partial charge in [0.05, 0.1) is 12.5 Å². The molecular weight excluding hydrogens is 264 g/mol. The van der Waals surface area contributed by atoms with E-state index in [2.05, 4.69) is 10.1 Å². The molecule has 8 heteroatoms. The molecule has 0 fully saturated rings. The molecule has 0 aromatic carbocycles. The minimum Gasteiger partial charge on any atom is -0.479 e. The highest BCUT2D eigenvalue weighted by Gasteiger charge is 2.18. The van der Waals surface area contributed by atoms with E-state index in [0.717, 1.165) is 0 Å². The van der Waals surface area contributed by atoms with Crippen LogP contribution in [0.3, 0.4) is 0 Å². The third-order valence-electron chi connectivity index (χ3n) is 2.99. The number of hydrogen-bond donors (Lipinski definition) is 1. The van der Waals surface area contributed by atoms with E-state index in [9.17, 15) is 9.59 Å². The molecule has 8 nitrogen and oxygen atoms in total. The summed E-state index contributed by atoms with van der Waals surface area (Å²) in [6, 6.07) is 0. The molecule has 0 aliphatic carbocycles. The Labute approximate surface area is 114 Å². The van der Waals surface area contributed by atoms with Gasteiger partial charge in [0.2, 0.25) is 0 Å². The fourth-order valence-electron chi connectivity index (χ4n) is 1.96. The average molecular weight is 280 g/mol. The summed E-state index contributed by atoms with van der Waals surface area (Å²) in [5.74, 6) is -1.03. The van der Waals surface area contributed by atoms with Crippen molar-refractivity contribution in [3.8, 4) is 0 Å². The lowest BCUT2D eigenvalue weighted by atomic mass is 10.2. The molecule has 2 aromatic rings. The van der Waals surface area contributed by atoms with Gasteiger partial charge in [-0.25, -0.2) is 9.78 Å². The van der Waals surface area contributed by atoms with Crippen molar-refractivity contribution in [1.29, 1.82) is 0 Å². The molecule has 1 N–H and O–H groups in total. The first-order valence-electron chi connectivity index (χ1n) is 6.26. The number of carboxylic acids is 1. The maximum Gasteiger partial charge on any atom is 0.332 e. The Morgan fingerprint density at radius 2 is 2.30 bits per heavy atom. The number of aromatic nitrogens is 4. The van der Waals surface area contributed by atoms with Gasteiger partial charge in [0.15, 0.2) is 11.8 Å². The van der Waals surface area contributed by atoms with Crippen molar-refractivity contribution in [1.82, 2.24) is 19.3 Å². The second-order valence-corrected chi connectivity index (χ2v) is 4.32. The summed E-state index contributed by atoms with van der Waals surface area (Å²) in [5.41, 5.74) is 0.273. The molecule has 0 saturated heterocycles. The van der Waals surface area contributed by atoms with Gasteiger partial charge in [-0.15, -0.1) is 0 Å². The molecule has 20 heavy (non-hydrogen) atoms. The van der Waals surface area contributed by atoms with Crippen LogP contribution >= 0.6 is 0 Å². The van der Waals surface area contributed by atoms with Crippen LogP contribution in [0.5, 0.6) is 0 Å². The molecule has 0 bridgehead atoms. The van der Waals surface area contributed by atoms with Gasteiger partial charge in [-0.1, -0.05) is 0 Å². The third kappa shape index (κ3) is 2.69. The van der Waals surface area contributed by atoms with Gasteiger partial charge in [-0.3, -0.25) is 14.0 Å². The second-order valence-electron chi connectivity index (χ2n) is 4.32. The molecule has 2 heterocycles. The molecule has 0 saturated carbocycles. The van der Waals surface area contributed by atoms with E-state index in [1.807, 2.05) is 0 Å². The number of aliphatic carboxylic acids is 1. The molecule has 108 valence electrons. The summed E-state index contributed by atoms with van der Waals surface area (Å²) in [6.45, 7) is 2.27. The predicted molar refractivity (Wildman–Crippen MR) is 70.4 cm³/mol. The maximum absolute atomic E-state index is 12.2. The third-order valence-corrected chi connectivity index (χ3v) is 2.99. The number of carboxylic acid groups (broad SMARTS) is 1. The van der Waals surface area contributed by atoms with Gasteiger partial charge in [0, 0.05) is 26.6 Å². The summed E-state index contributed by atoms with van der Waals surface area (Å²) in [4.78, 5) is 27.3. The van der Waals surface area contributed by atoms with E-state index < -0.39 is 12.1 Å². The maximum atomic E-state index is 12.2. The number of nitrogens with zero attached hydrogens (tertiary/aromatic N) is 4. The first kappa shape index (κ1) is 14.2. The normalized spacial score (nSPS) is 12.7. The Balaban J connectivity index is 2.20. The quantitative estimate of drug-likeness (QED) is 0.800. The van der Waals surface area contributed by atoms with Crippen LogP contribution in [0.4, 0.5) is 0 Å². The van der Waals surface area contributed by atoms with Crippen molar-refractivity contribution in [2.24, 2.45) is 7.05 Å². The molecule has 0 aliphatic rings. The van der Waals surface area contributed by atoms with Crippen molar-refractivity contribution in [2.75, 3.05) is 6.61 Å². The molecule has 1 atom stereocenters. The van der Waals surface area contributed by atoms with E-state index in [0.29, 0.717) is 17.6 Å². The Bertz CT molecular complexity index is 676. The lowest BCUT2D eigenvalue weighted by molar-refractivity contribution is -0.150. The topological polar surface area (TPSA) is 99.2 Å². The van der Waals surface area contributed by atoms with Crippen LogP contribution < -0.4 is 5.56 Å². The smallest absolute Gasteiger partial charge is 0.332 e. The first-order chi connectivity index (χ1) is 9.54. The summed E-state index contributed by atoms with van der Waals surface area (Å²) >= 11 is 0. The Hall–Kier alpha value is -2.22. The number of fused-ring (bicyclic) bond motifs is 1. The van der Waals surface area contributed by atoms with Crippen molar-refractivity contribution in [3.05, 3.63) is 22.9 Å². The molecule has 0 amide bonds. The van der Waals surface area contributed by atoms with E-state index in [-0.39, 0.29) is 18.5 Å². The number of carbonyl (C=O) groups is 1. The van der Waals surface area contributed by atoms with Crippen LogP contribution in [0.1, 0.15) is 13.3 Å². The molecule has 2 rings (SSSR count). The minimum absolute atomic E-state index is 0.205. The largest absolute Gasteiger partial charge is 0.479 e. The van der Waals surface area contributed by atoms with Gasteiger partial charge in [0.1, 0.15) is 5.39 Å². The van der Waals surface area contributed by atoms with Gasteiger partial charge in [0.25, 0.3) is 5.56 Å². The lowest BCUT2D eigenvalue weighted by Gasteiger charge is -2.12. The fraction of sp³-hybridized carbons (Fsp3) is 0.500. The van der Waals surface area contributed by atoms with E-state index in [4.69, 9.17) is 9.84 Å². The monoisotopic (exact) mass is 280 g/mol. The predicted octanol–water partition coefficient (Wildman–Crippen LogP) is 0.00980. The highest BCUT2D eigenvalue weighted by Crippen LogP contribution is 2.05.